The average molecular weight is 118 g/mol. The molecule has 0 aliphatic carbocycles. The number of carbonyl (C=O) groups is 1. The highest BCUT2D eigenvalue weighted by atomic mass is 16.7. The van der Waals surface area contributed by atoms with Crippen LogP contribution in [-0.4, -0.2) is 5.97 Å². The van der Waals surface area contributed by atoms with E-state index >= 15 is 0 Å². The molecule has 0 spiro atoms. The molecule has 0 heterocycles. The zero-order valence-electron chi connectivity index (χ0n) is 4.09. The second-order valence-electron chi connectivity index (χ2n) is 0.946. The summed E-state index contributed by atoms with van der Waals surface area (Å²) in [5.74, 6) is 7.69. The molecular weight excluding hydrogens is 112 g/mol. The van der Waals surface area contributed by atoms with Crippen molar-refractivity contribution in [3.8, 4) is 0 Å². The molecule has 0 bridgehead atoms. The van der Waals surface area contributed by atoms with Crippen molar-refractivity contribution in [1.82, 2.24) is 0 Å². The third kappa shape index (κ3) is 1.59. The zero-order chi connectivity index (χ0) is 6.57. The van der Waals surface area contributed by atoms with Crippen molar-refractivity contribution in [2.45, 2.75) is 0 Å². The Labute approximate surface area is 45.8 Å². The molecule has 8 heavy (non-hydrogen) atoms. The molecule has 0 saturated carbocycles. The van der Waals surface area contributed by atoms with E-state index in [-0.39, 0.29) is 5.76 Å². The van der Waals surface area contributed by atoms with Crippen LogP contribution in [0.2, 0.25) is 0 Å². The molecule has 0 aromatic heterocycles. The second kappa shape index (κ2) is 3.00. The SMILES string of the molecule is C=C(ON)C(=O)ON. The van der Waals surface area contributed by atoms with E-state index < -0.39 is 5.97 Å². The first-order valence-electron chi connectivity index (χ1n) is 1.69. The highest BCUT2D eigenvalue weighted by Gasteiger charge is 2.05. The smallest absolute Gasteiger partial charge is 0.394 e. The summed E-state index contributed by atoms with van der Waals surface area (Å²) in [4.78, 5) is 17.6. The predicted molar refractivity (Wildman–Crippen MR) is 24.7 cm³/mol. The van der Waals surface area contributed by atoms with Crippen molar-refractivity contribution in [3.63, 3.8) is 0 Å². The Balaban J connectivity index is 3.64. The average Bonchev–Trinajstić information content (AvgIpc) is 1.84. The fraction of sp³-hybridized carbons (Fsp3) is 0. The molecular formula is C3H6N2O3. The Morgan fingerprint density at radius 1 is 1.38 bits per heavy atom. The molecule has 0 unspecified atom stereocenters. The summed E-state index contributed by atoms with van der Waals surface area (Å²) in [6, 6.07) is 0. The van der Waals surface area contributed by atoms with Crippen LogP contribution in [0.3, 0.4) is 0 Å². The van der Waals surface area contributed by atoms with Gasteiger partial charge in [0.1, 0.15) is 0 Å². The molecule has 0 atom stereocenters. The van der Waals surface area contributed by atoms with Gasteiger partial charge in [0.2, 0.25) is 5.76 Å². The summed E-state index contributed by atoms with van der Waals surface area (Å²) in [6.07, 6.45) is 0. The van der Waals surface area contributed by atoms with Crippen LogP contribution in [0.4, 0.5) is 0 Å². The van der Waals surface area contributed by atoms with Crippen LogP contribution in [0.5, 0.6) is 0 Å². The number of carbonyl (C=O) groups excluding carboxylic acids is 1. The van der Waals surface area contributed by atoms with E-state index in [4.69, 9.17) is 0 Å². The van der Waals surface area contributed by atoms with Gasteiger partial charge < -0.3 is 9.68 Å². The molecule has 4 N–H and O–H groups in total. The van der Waals surface area contributed by atoms with Crippen molar-refractivity contribution >= 4 is 5.97 Å². The standard InChI is InChI=1S/C3H6N2O3/c1-2(7-4)3(6)8-5/h1,4-5H2. The van der Waals surface area contributed by atoms with Gasteiger partial charge in [0.15, 0.2) is 0 Å². The van der Waals surface area contributed by atoms with Gasteiger partial charge in [-0.25, -0.2) is 4.79 Å². The Morgan fingerprint density at radius 3 is 2.00 bits per heavy atom. The van der Waals surface area contributed by atoms with E-state index in [9.17, 15) is 4.79 Å². The first-order valence-corrected chi connectivity index (χ1v) is 1.69. The highest BCUT2D eigenvalue weighted by molar-refractivity contribution is 5.85. The van der Waals surface area contributed by atoms with Crippen LogP contribution >= 0.6 is 0 Å². The van der Waals surface area contributed by atoms with Gasteiger partial charge in [-0.05, 0) is 6.58 Å². The third-order valence-corrected chi connectivity index (χ3v) is 0.477. The molecule has 0 aromatic carbocycles. The van der Waals surface area contributed by atoms with E-state index in [0.29, 0.717) is 0 Å². The quantitative estimate of drug-likeness (QED) is 0.270. The minimum Gasteiger partial charge on any atom is -0.404 e. The Morgan fingerprint density at radius 2 is 1.88 bits per heavy atom. The molecule has 0 amide bonds. The van der Waals surface area contributed by atoms with Gasteiger partial charge >= 0.3 is 5.97 Å². The van der Waals surface area contributed by atoms with Crippen molar-refractivity contribution < 1.29 is 14.5 Å². The van der Waals surface area contributed by atoms with Crippen molar-refractivity contribution in [2.75, 3.05) is 0 Å². The Hall–Kier alpha value is -1.07. The maximum absolute atomic E-state index is 10.1. The molecule has 5 nitrogen and oxygen atoms in total. The second-order valence-corrected chi connectivity index (χ2v) is 0.946. The summed E-state index contributed by atoms with van der Waals surface area (Å²) in [5, 5.41) is 0. The van der Waals surface area contributed by atoms with Crippen LogP contribution in [0, 0.1) is 0 Å². The lowest BCUT2D eigenvalue weighted by atomic mass is 10.6. The molecule has 5 heteroatoms. The maximum Gasteiger partial charge on any atom is 0.394 e. The van der Waals surface area contributed by atoms with Gasteiger partial charge in [0.25, 0.3) is 0 Å². The number of rotatable bonds is 2. The van der Waals surface area contributed by atoms with E-state index in [1.54, 1.807) is 0 Å². The van der Waals surface area contributed by atoms with Crippen LogP contribution < -0.4 is 11.8 Å². The number of hydrogen-bond acceptors (Lipinski definition) is 5. The lowest BCUT2D eigenvalue weighted by molar-refractivity contribution is -0.143. The molecule has 0 aliphatic heterocycles. The number of nitrogens with two attached hydrogens (primary N) is 2. The molecule has 0 radical (unpaired) electrons. The fourth-order valence-electron chi connectivity index (χ4n) is 0.114. The van der Waals surface area contributed by atoms with Crippen LogP contribution in [0.25, 0.3) is 0 Å². The molecule has 0 aromatic rings. The summed E-state index contributed by atoms with van der Waals surface area (Å²) < 4.78 is 0. The summed E-state index contributed by atoms with van der Waals surface area (Å²) in [7, 11) is 0. The molecule has 0 rings (SSSR count). The van der Waals surface area contributed by atoms with Gasteiger partial charge in [-0.3, -0.25) is 0 Å². The Kier molecular flexibility index (Phi) is 2.60. The minimum atomic E-state index is -0.882. The fourth-order valence-corrected chi connectivity index (χ4v) is 0.114. The number of hydrogen-bond donors (Lipinski definition) is 2. The third-order valence-electron chi connectivity index (χ3n) is 0.477. The van der Waals surface area contributed by atoms with Gasteiger partial charge in [0.05, 0.1) is 0 Å². The zero-order valence-corrected chi connectivity index (χ0v) is 4.09. The molecule has 46 valence electrons. The summed E-state index contributed by atoms with van der Waals surface area (Å²) in [6.45, 7) is 3.04. The van der Waals surface area contributed by atoms with Crippen molar-refractivity contribution in [2.24, 2.45) is 11.8 Å². The van der Waals surface area contributed by atoms with Gasteiger partial charge in [0, 0.05) is 0 Å². The van der Waals surface area contributed by atoms with E-state index in [1.165, 1.54) is 0 Å². The molecule has 0 fully saturated rings. The van der Waals surface area contributed by atoms with E-state index in [2.05, 4.69) is 28.0 Å². The van der Waals surface area contributed by atoms with Crippen molar-refractivity contribution in [3.05, 3.63) is 12.3 Å². The predicted octanol–water partition coefficient (Wildman–Crippen LogP) is -1.19. The van der Waals surface area contributed by atoms with Gasteiger partial charge in [-0.1, -0.05) is 0 Å². The first-order chi connectivity index (χ1) is 3.72. The van der Waals surface area contributed by atoms with E-state index in [1.807, 2.05) is 0 Å². The van der Waals surface area contributed by atoms with Crippen molar-refractivity contribution in [1.29, 1.82) is 0 Å². The van der Waals surface area contributed by atoms with Crippen LogP contribution in [-0.2, 0) is 14.5 Å². The first kappa shape index (κ1) is 6.93. The molecule has 0 saturated heterocycles. The topological polar surface area (TPSA) is 87.6 Å². The monoisotopic (exact) mass is 118 g/mol. The largest absolute Gasteiger partial charge is 0.404 e. The summed E-state index contributed by atoms with van der Waals surface area (Å²) >= 11 is 0. The van der Waals surface area contributed by atoms with E-state index in [0.717, 1.165) is 0 Å². The molecule has 0 aliphatic rings. The Bertz CT molecular complexity index is 97.1. The maximum atomic E-state index is 10.1. The van der Waals surface area contributed by atoms with Gasteiger partial charge in [-0.2, -0.15) is 11.8 Å². The van der Waals surface area contributed by atoms with Gasteiger partial charge in [-0.15, -0.1) is 0 Å². The summed E-state index contributed by atoms with van der Waals surface area (Å²) in [5.41, 5.74) is 0. The lowest BCUT2D eigenvalue weighted by Gasteiger charge is -1.96. The van der Waals surface area contributed by atoms with Crippen LogP contribution in [0.1, 0.15) is 0 Å². The lowest BCUT2D eigenvalue weighted by Crippen LogP contribution is -2.15. The highest BCUT2D eigenvalue weighted by Crippen LogP contribution is 1.87. The van der Waals surface area contributed by atoms with Crippen LogP contribution in [0.15, 0.2) is 12.3 Å². The normalized spacial score (nSPS) is 7.75. The minimum absolute atomic E-state index is 0.326.